The fraction of sp³-hybridized carbons (Fsp3) is 0.190. The minimum Gasteiger partial charge on any atom is -0.497 e. The van der Waals surface area contributed by atoms with E-state index < -0.39 is 29.6 Å². The summed E-state index contributed by atoms with van der Waals surface area (Å²) in [6.07, 6.45) is -2.48. The maximum absolute atomic E-state index is 14.4. The zero-order valence-electron chi connectivity index (χ0n) is 16.6. The number of methoxy groups -OCH3 is 1. The van der Waals surface area contributed by atoms with Crippen LogP contribution in [0.15, 0.2) is 47.1 Å². The van der Waals surface area contributed by atoms with Crippen molar-refractivity contribution in [1.29, 1.82) is 0 Å². The largest absolute Gasteiger partial charge is 0.497 e. The number of benzene rings is 2. The van der Waals surface area contributed by atoms with Crippen LogP contribution < -0.4 is 10.1 Å². The molecule has 2 N–H and O–H groups in total. The van der Waals surface area contributed by atoms with Crippen molar-refractivity contribution >= 4 is 16.8 Å². The summed E-state index contributed by atoms with van der Waals surface area (Å²) in [6.45, 7) is 0.284. The molecule has 4 rings (SSSR count). The Labute approximate surface area is 178 Å². The number of rotatable bonds is 6. The molecule has 0 aliphatic carbocycles. The van der Waals surface area contributed by atoms with E-state index in [4.69, 9.17) is 4.74 Å². The summed E-state index contributed by atoms with van der Waals surface area (Å²) in [5.41, 5.74) is 1.60. The van der Waals surface area contributed by atoms with E-state index in [1.165, 1.54) is 6.07 Å². The van der Waals surface area contributed by atoms with Gasteiger partial charge in [0.2, 0.25) is 5.82 Å². The SMILES string of the molecule is COc1ccc2[nH]cc(CCNC(=O)c3ccc(-c4noc(C(F)(F)F)n4)c(F)c3)c2c1. The highest BCUT2D eigenvalue weighted by Gasteiger charge is 2.38. The normalized spacial score (nSPS) is 11.7. The number of ether oxygens (including phenoxy) is 1. The van der Waals surface area contributed by atoms with Crippen molar-refractivity contribution in [3.05, 3.63) is 65.4 Å². The zero-order valence-corrected chi connectivity index (χ0v) is 16.6. The molecule has 166 valence electrons. The molecular weight excluding hydrogens is 432 g/mol. The van der Waals surface area contributed by atoms with Gasteiger partial charge in [-0.2, -0.15) is 18.2 Å². The molecule has 2 aromatic heterocycles. The van der Waals surface area contributed by atoms with Crippen LogP contribution in [0.2, 0.25) is 0 Å². The lowest BCUT2D eigenvalue weighted by atomic mass is 10.1. The second-order valence-corrected chi connectivity index (χ2v) is 6.85. The van der Waals surface area contributed by atoms with E-state index in [1.807, 2.05) is 24.4 Å². The summed E-state index contributed by atoms with van der Waals surface area (Å²) in [6, 6.07) is 8.92. The summed E-state index contributed by atoms with van der Waals surface area (Å²) in [5.74, 6) is -2.91. The lowest BCUT2D eigenvalue weighted by Crippen LogP contribution is -2.25. The molecule has 0 aliphatic heterocycles. The lowest BCUT2D eigenvalue weighted by molar-refractivity contribution is -0.159. The number of nitrogens with zero attached hydrogens (tertiary/aromatic N) is 2. The van der Waals surface area contributed by atoms with Gasteiger partial charge in [-0.15, -0.1) is 0 Å². The number of carbonyl (C=O) groups is 1. The first-order chi connectivity index (χ1) is 15.3. The predicted molar refractivity (Wildman–Crippen MR) is 106 cm³/mol. The Morgan fingerprint density at radius 2 is 2.03 bits per heavy atom. The summed E-state index contributed by atoms with van der Waals surface area (Å²) in [5, 5.41) is 6.80. The van der Waals surface area contributed by atoms with Gasteiger partial charge < -0.3 is 19.6 Å². The first kappa shape index (κ1) is 21.3. The molecule has 2 heterocycles. The molecule has 0 radical (unpaired) electrons. The van der Waals surface area contributed by atoms with Gasteiger partial charge in [0.25, 0.3) is 5.91 Å². The van der Waals surface area contributed by atoms with Crippen LogP contribution in [-0.4, -0.2) is 34.7 Å². The maximum Gasteiger partial charge on any atom is 0.471 e. The number of hydrogen-bond acceptors (Lipinski definition) is 5. The van der Waals surface area contributed by atoms with Crippen molar-refractivity contribution in [3.63, 3.8) is 0 Å². The van der Waals surface area contributed by atoms with Crippen LogP contribution in [0, 0.1) is 5.82 Å². The number of amides is 1. The Bertz CT molecular complexity index is 1280. The molecule has 1 amide bonds. The van der Waals surface area contributed by atoms with E-state index in [-0.39, 0.29) is 17.7 Å². The molecule has 11 heteroatoms. The molecule has 0 bridgehead atoms. The van der Waals surface area contributed by atoms with Crippen LogP contribution in [-0.2, 0) is 12.6 Å². The molecule has 0 unspecified atom stereocenters. The second-order valence-electron chi connectivity index (χ2n) is 6.85. The number of nitrogens with one attached hydrogen (secondary N) is 2. The molecule has 7 nitrogen and oxygen atoms in total. The zero-order chi connectivity index (χ0) is 22.9. The Morgan fingerprint density at radius 1 is 1.22 bits per heavy atom. The third-order valence-corrected chi connectivity index (χ3v) is 4.80. The summed E-state index contributed by atoms with van der Waals surface area (Å²) in [7, 11) is 1.58. The van der Waals surface area contributed by atoms with Crippen molar-refractivity contribution < 1.29 is 31.6 Å². The number of hydrogen-bond donors (Lipinski definition) is 2. The van der Waals surface area contributed by atoms with E-state index in [0.717, 1.165) is 28.6 Å². The van der Waals surface area contributed by atoms with Crippen molar-refractivity contribution in [3.8, 4) is 17.1 Å². The molecule has 0 atom stereocenters. The minimum atomic E-state index is -4.84. The van der Waals surface area contributed by atoms with Crippen molar-refractivity contribution in [2.45, 2.75) is 12.6 Å². The summed E-state index contributed by atoms with van der Waals surface area (Å²) in [4.78, 5) is 18.7. The van der Waals surface area contributed by atoms with E-state index >= 15 is 0 Å². The second kappa shape index (κ2) is 8.33. The average Bonchev–Trinajstić information content (AvgIpc) is 3.41. The van der Waals surface area contributed by atoms with Gasteiger partial charge in [0.1, 0.15) is 11.6 Å². The van der Waals surface area contributed by atoms with Crippen LogP contribution in [0.4, 0.5) is 17.6 Å². The number of carbonyl (C=O) groups excluding carboxylic acids is 1. The number of H-pyrrole nitrogens is 1. The van der Waals surface area contributed by atoms with Crippen molar-refractivity contribution in [2.75, 3.05) is 13.7 Å². The van der Waals surface area contributed by atoms with Gasteiger partial charge >= 0.3 is 12.1 Å². The van der Waals surface area contributed by atoms with Crippen LogP contribution in [0.1, 0.15) is 21.8 Å². The molecule has 0 fully saturated rings. The fourth-order valence-corrected chi connectivity index (χ4v) is 3.19. The quantitative estimate of drug-likeness (QED) is 0.428. The Balaban J connectivity index is 1.42. The standard InChI is InChI=1S/C21H16F4N4O3/c1-31-13-3-5-17-15(9-13)12(10-27-17)6-7-26-19(30)11-2-4-14(16(22)8-11)18-28-20(32-29-18)21(23,24)25/h2-5,8-10,27H,6-7H2,1H3,(H,26,30). The molecule has 32 heavy (non-hydrogen) atoms. The van der Waals surface area contributed by atoms with Crippen molar-refractivity contribution in [2.24, 2.45) is 0 Å². The molecule has 0 saturated carbocycles. The number of fused-ring (bicyclic) bond motifs is 1. The predicted octanol–water partition coefficient (Wildman–Crippen LogP) is 4.36. The van der Waals surface area contributed by atoms with Gasteiger partial charge in [0.05, 0.1) is 12.7 Å². The third kappa shape index (κ3) is 4.27. The summed E-state index contributed by atoms with van der Waals surface area (Å²) < 4.78 is 61.5. The van der Waals surface area contributed by atoms with Crippen LogP contribution in [0.5, 0.6) is 5.75 Å². The van der Waals surface area contributed by atoms with Gasteiger partial charge in [0.15, 0.2) is 0 Å². The van der Waals surface area contributed by atoms with E-state index in [2.05, 4.69) is 25.0 Å². The van der Waals surface area contributed by atoms with Gasteiger partial charge in [-0.1, -0.05) is 5.16 Å². The lowest BCUT2D eigenvalue weighted by Gasteiger charge is -2.07. The monoisotopic (exact) mass is 448 g/mol. The minimum absolute atomic E-state index is 0.00591. The number of halogens is 4. The van der Waals surface area contributed by atoms with Gasteiger partial charge in [-0.3, -0.25) is 4.79 Å². The van der Waals surface area contributed by atoms with Crippen molar-refractivity contribution in [1.82, 2.24) is 20.4 Å². The molecular formula is C21H16F4N4O3. The first-order valence-corrected chi connectivity index (χ1v) is 9.39. The maximum atomic E-state index is 14.4. The smallest absolute Gasteiger partial charge is 0.471 e. The molecule has 0 saturated heterocycles. The molecule has 0 spiro atoms. The molecule has 2 aromatic carbocycles. The fourth-order valence-electron chi connectivity index (χ4n) is 3.19. The van der Waals surface area contributed by atoms with E-state index in [9.17, 15) is 22.4 Å². The Hall–Kier alpha value is -3.89. The highest BCUT2D eigenvalue weighted by molar-refractivity contribution is 5.94. The number of alkyl halides is 3. The number of aromatic amines is 1. The third-order valence-electron chi connectivity index (χ3n) is 4.80. The van der Waals surface area contributed by atoms with Crippen LogP contribution >= 0.6 is 0 Å². The molecule has 0 aliphatic rings. The Kier molecular flexibility index (Phi) is 5.56. The Morgan fingerprint density at radius 3 is 2.72 bits per heavy atom. The highest BCUT2D eigenvalue weighted by Crippen LogP contribution is 2.30. The highest BCUT2D eigenvalue weighted by atomic mass is 19.4. The van der Waals surface area contributed by atoms with E-state index in [1.54, 1.807) is 7.11 Å². The van der Waals surface area contributed by atoms with Gasteiger partial charge in [-0.25, -0.2) is 4.39 Å². The average molecular weight is 448 g/mol. The van der Waals surface area contributed by atoms with Gasteiger partial charge in [0, 0.05) is 29.2 Å². The van der Waals surface area contributed by atoms with E-state index in [0.29, 0.717) is 12.2 Å². The number of aromatic nitrogens is 3. The van der Waals surface area contributed by atoms with Gasteiger partial charge in [-0.05, 0) is 48.4 Å². The van der Waals surface area contributed by atoms with Crippen LogP contribution in [0.25, 0.3) is 22.3 Å². The van der Waals surface area contributed by atoms with Crippen LogP contribution in [0.3, 0.4) is 0 Å². The summed E-state index contributed by atoms with van der Waals surface area (Å²) >= 11 is 0. The molecule has 4 aromatic rings. The first-order valence-electron chi connectivity index (χ1n) is 9.39. The topological polar surface area (TPSA) is 93.0 Å².